The third-order valence-corrected chi connectivity index (χ3v) is 2.49. The smallest absolute Gasteiger partial charge is 0.203 e. The Balaban J connectivity index is 1.92. The van der Waals surface area contributed by atoms with Gasteiger partial charge in [-0.15, -0.1) is 0 Å². The van der Waals surface area contributed by atoms with E-state index in [9.17, 15) is 0 Å². The van der Waals surface area contributed by atoms with E-state index in [4.69, 9.17) is 9.68 Å². The molecule has 17 heavy (non-hydrogen) atoms. The molecular formula is C13H13N3O. The minimum absolute atomic E-state index is 0.145. The van der Waals surface area contributed by atoms with Gasteiger partial charge in [-0.2, -0.15) is 5.26 Å². The van der Waals surface area contributed by atoms with E-state index in [0.717, 1.165) is 11.5 Å². The van der Waals surface area contributed by atoms with Crippen LogP contribution in [0.2, 0.25) is 0 Å². The van der Waals surface area contributed by atoms with E-state index < -0.39 is 0 Å². The van der Waals surface area contributed by atoms with Crippen molar-refractivity contribution in [2.24, 2.45) is 0 Å². The highest BCUT2D eigenvalue weighted by Crippen LogP contribution is 2.11. The lowest BCUT2D eigenvalue weighted by Gasteiger charge is -2.11. The number of aromatic nitrogens is 1. The fourth-order valence-electron chi connectivity index (χ4n) is 1.52. The zero-order valence-corrected chi connectivity index (χ0v) is 9.55. The van der Waals surface area contributed by atoms with Crippen LogP contribution >= 0.6 is 0 Å². The number of pyridine rings is 1. The predicted octanol–water partition coefficient (Wildman–Crippen LogP) is 2.40. The van der Waals surface area contributed by atoms with Crippen molar-refractivity contribution in [3.8, 4) is 6.07 Å². The van der Waals surface area contributed by atoms with Crippen LogP contribution in [0.25, 0.3) is 0 Å². The predicted molar refractivity (Wildman–Crippen MR) is 62.9 cm³/mol. The first kappa shape index (κ1) is 11.4. The highest BCUT2D eigenvalue weighted by Gasteiger charge is 2.07. The fourth-order valence-corrected chi connectivity index (χ4v) is 1.52. The molecule has 0 aliphatic carbocycles. The van der Waals surface area contributed by atoms with Crippen molar-refractivity contribution in [1.82, 2.24) is 10.3 Å². The van der Waals surface area contributed by atoms with Crippen molar-refractivity contribution in [2.75, 3.05) is 0 Å². The lowest BCUT2D eigenvalue weighted by atomic mass is 10.2. The number of furan rings is 1. The van der Waals surface area contributed by atoms with E-state index in [-0.39, 0.29) is 6.04 Å². The van der Waals surface area contributed by atoms with Gasteiger partial charge < -0.3 is 9.73 Å². The van der Waals surface area contributed by atoms with E-state index >= 15 is 0 Å². The Kier molecular flexibility index (Phi) is 3.53. The van der Waals surface area contributed by atoms with Crippen LogP contribution in [0.1, 0.15) is 30.2 Å². The molecule has 0 radical (unpaired) electrons. The molecule has 0 aliphatic heterocycles. The Morgan fingerprint density at radius 3 is 2.94 bits per heavy atom. The second-order valence-corrected chi connectivity index (χ2v) is 3.73. The summed E-state index contributed by atoms with van der Waals surface area (Å²) >= 11 is 0. The number of hydrogen-bond acceptors (Lipinski definition) is 4. The average Bonchev–Trinajstić information content (AvgIpc) is 2.85. The quantitative estimate of drug-likeness (QED) is 0.871. The van der Waals surface area contributed by atoms with Gasteiger partial charge in [0.1, 0.15) is 11.8 Å². The van der Waals surface area contributed by atoms with Gasteiger partial charge in [0, 0.05) is 12.2 Å². The standard InChI is InChI=1S/C13H13N3O/c1-10(13-4-2-3-7-15-13)16-9-12-6-5-11(8-14)17-12/h2-7,10,16H,9H2,1H3. The molecular weight excluding hydrogens is 214 g/mol. The van der Waals surface area contributed by atoms with Crippen LogP contribution in [0.15, 0.2) is 40.9 Å². The highest BCUT2D eigenvalue weighted by molar-refractivity contribution is 5.19. The molecule has 1 unspecified atom stereocenters. The summed E-state index contributed by atoms with van der Waals surface area (Å²) in [4.78, 5) is 4.27. The van der Waals surface area contributed by atoms with Gasteiger partial charge >= 0.3 is 0 Å². The van der Waals surface area contributed by atoms with Gasteiger partial charge in [0.05, 0.1) is 12.2 Å². The lowest BCUT2D eigenvalue weighted by molar-refractivity contribution is 0.451. The summed E-state index contributed by atoms with van der Waals surface area (Å²) in [6, 6.07) is 11.4. The second-order valence-electron chi connectivity index (χ2n) is 3.73. The van der Waals surface area contributed by atoms with Crippen LogP contribution in [-0.4, -0.2) is 4.98 Å². The third-order valence-electron chi connectivity index (χ3n) is 2.49. The van der Waals surface area contributed by atoms with E-state index in [1.54, 1.807) is 18.3 Å². The zero-order valence-electron chi connectivity index (χ0n) is 9.55. The van der Waals surface area contributed by atoms with Crippen molar-refractivity contribution >= 4 is 0 Å². The highest BCUT2D eigenvalue weighted by atomic mass is 16.3. The molecule has 0 aliphatic rings. The number of nitrogens with zero attached hydrogens (tertiary/aromatic N) is 2. The average molecular weight is 227 g/mol. The Hall–Kier alpha value is -2.12. The van der Waals surface area contributed by atoms with Crippen molar-refractivity contribution in [2.45, 2.75) is 19.5 Å². The number of nitriles is 1. The largest absolute Gasteiger partial charge is 0.449 e. The van der Waals surface area contributed by atoms with Crippen LogP contribution in [0.5, 0.6) is 0 Å². The molecule has 2 aromatic heterocycles. The molecule has 1 N–H and O–H groups in total. The third kappa shape index (κ3) is 2.92. The van der Waals surface area contributed by atoms with E-state index in [1.165, 1.54) is 0 Å². The summed E-state index contributed by atoms with van der Waals surface area (Å²) in [5, 5.41) is 11.9. The van der Waals surface area contributed by atoms with Gasteiger partial charge in [0.25, 0.3) is 0 Å². The lowest BCUT2D eigenvalue weighted by Crippen LogP contribution is -2.18. The van der Waals surface area contributed by atoms with Gasteiger partial charge in [-0.3, -0.25) is 4.98 Å². The van der Waals surface area contributed by atoms with E-state index in [2.05, 4.69) is 10.3 Å². The molecule has 2 rings (SSSR count). The van der Waals surface area contributed by atoms with Gasteiger partial charge in [-0.1, -0.05) is 6.07 Å². The maximum absolute atomic E-state index is 8.63. The van der Waals surface area contributed by atoms with Crippen molar-refractivity contribution < 1.29 is 4.42 Å². The molecule has 2 heterocycles. The Bertz CT molecular complexity index is 513. The molecule has 4 nitrogen and oxygen atoms in total. The monoisotopic (exact) mass is 227 g/mol. The summed E-state index contributed by atoms with van der Waals surface area (Å²) in [6.45, 7) is 2.62. The van der Waals surface area contributed by atoms with Crippen molar-refractivity contribution in [1.29, 1.82) is 5.26 Å². The Morgan fingerprint density at radius 1 is 1.41 bits per heavy atom. The minimum Gasteiger partial charge on any atom is -0.449 e. The Morgan fingerprint density at radius 2 is 2.29 bits per heavy atom. The normalized spacial score (nSPS) is 12.0. The maximum Gasteiger partial charge on any atom is 0.203 e. The second kappa shape index (κ2) is 5.28. The van der Waals surface area contributed by atoms with E-state index in [0.29, 0.717) is 12.3 Å². The summed E-state index contributed by atoms with van der Waals surface area (Å²) < 4.78 is 5.28. The summed E-state index contributed by atoms with van der Waals surface area (Å²) in [7, 11) is 0. The topological polar surface area (TPSA) is 61.9 Å². The number of rotatable bonds is 4. The summed E-state index contributed by atoms with van der Waals surface area (Å²) in [5.74, 6) is 1.09. The first-order valence-electron chi connectivity index (χ1n) is 5.42. The molecule has 0 aromatic carbocycles. The van der Waals surface area contributed by atoms with Gasteiger partial charge in [0.2, 0.25) is 5.76 Å². The molecule has 0 saturated heterocycles. The summed E-state index contributed by atoms with van der Waals surface area (Å²) in [5.41, 5.74) is 0.986. The van der Waals surface area contributed by atoms with Crippen LogP contribution in [0.3, 0.4) is 0 Å². The Labute approximate surface area is 99.9 Å². The minimum atomic E-state index is 0.145. The molecule has 0 bridgehead atoms. The first-order chi connectivity index (χ1) is 8.29. The zero-order chi connectivity index (χ0) is 12.1. The molecule has 2 aromatic rings. The van der Waals surface area contributed by atoms with Crippen LogP contribution in [0.4, 0.5) is 0 Å². The molecule has 0 fully saturated rings. The molecule has 0 amide bonds. The summed E-state index contributed by atoms with van der Waals surface area (Å²) in [6.07, 6.45) is 1.77. The van der Waals surface area contributed by atoms with Crippen LogP contribution in [0, 0.1) is 11.3 Å². The van der Waals surface area contributed by atoms with Gasteiger partial charge in [0.15, 0.2) is 0 Å². The van der Waals surface area contributed by atoms with Crippen molar-refractivity contribution in [3.05, 3.63) is 53.7 Å². The van der Waals surface area contributed by atoms with Crippen LogP contribution in [-0.2, 0) is 6.54 Å². The van der Waals surface area contributed by atoms with Gasteiger partial charge in [-0.05, 0) is 31.2 Å². The van der Waals surface area contributed by atoms with E-state index in [1.807, 2.05) is 31.2 Å². The molecule has 86 valence electrons. The first-order valence-corrected chi connectivity index (χ1v) is 5.42. The molecule has 0 spiro atoms. The molecule has 0 saturated carbocycles. The van der Waals surface area contributed by atoms with Crippen molar-refractivity contribution in [3.63, 3.8) is 0 Å². The van der Waals surface area contributed by atoms with Crippen LogP contribution < -0.4 is 5.32 Å². The van der Waals surface area contributed by atoms with Gasteiger partial charge in [-0.25, -0.2) is 0 Å². The number of nitrogens with one attached hydrogen (secondary N) is 1. The molecule has 4 heteroatoms. The number of hydrogen-bond donors (Lipinski definition) is 1. The maximum atomic E-state index is 8.63. The molecule has 1 atom stereocenters. The fraction of sp³-hybridized carbons (Fsp3) is 0.231. The SMILES string of the molecule is CC(NCc1ccc(C#N)o1)c1ccccn1.